The SMILES string of the molecule is C[C@]1(C(=O)Nc2nccs2)Cc2ccc(C3CC3)cc2[C@H]1c1ccccc1. The fraction of sp³-hybridized carbons (Fsp3) is 0.304. The molecule has 1 fully saturated rings. The molecule has 3 nitrogen and oxygen atoms in total. The van der Waals surface area contributed by atoms with Crippen LogP contribution in [0.5, 0.6) is 0 Å². The summed E-state index contributed by atoms with van der Waals surface area (Å²) in [6.07, 6.45) is 5.06. The van der Waals surface area contributed by atoms with Crippen molar-refractivity contribution in [3.63, 3.8) is 0 Å². The highest BCUT2D eigenvalue weighted by molar-refractivity contribution is 7.13. The van der Waals surface area contributed by atoms with Crippen molar-refractivity contribution in [2.45, 2.75) is 38.0 Å². The molecule has 0 bridgehead atoms. The van der Waals surface area contributed by atoms with E-state index in [1.165, 1.54) is 46.4 Å². The molecule has 0 aliphatic heterocycles. The van der Waals surface area contributed by atoms with Crippen LogP contribution in [-0.4, -0.2) is 10.9 Å². The van der Waals surface area contributed by atoms with E-state index in [4.69, 9.17) is 0 Å². The predicted octanol–water partition coefficient (Wildman–Crippen LogP) is 5.35. The van der Waals surface area contributed by atoms with E-state index in [1.807, 2.05) is 11.4 Å². The standard InChI is InChI=1S/C23H22N2OS/c1-23(21(26)25-22-24-11-12-27-22)14-18-10-9-17(15-7-8-15)13-19(18)20(23)16-5-3-2-4-6-16/h2-6,9-13,15,20H,7-8,14H2,1H3,(H,24,25,26)/t20-,23+/m1/s1. The first-order valence-electron chi connectivity index (χ1n) is 9.54. The Labute approximate surface area is 163 Å². The third-order valence-corrected chi connectivity index (χ3v) is 6.72. The molecular formula is C23H22N2OS. The molecule has 3 aromatic rings. The summed E-state index contributed by atoms with van der Waals surface area (Å²) in [6.45, 7) is 2.10. The summed E-state index contributed by atoms with van der Waals surface area (Å²) < 4.78 is 0. The Bertz CT molecular complexity index is 979. The number of fused-ring (bicyclic) bond motifs is 1. The van der Waals surface area contributed by atoms with E-state index in [2.05, 4.69) is 59.7 Å². The van der Waals surface area contributed by atoms with Crippen molar-refractivity contribution in [2.75, 3.05) is 5.32 Å². The number of amides is 1. The smallest absolute Gasteiger partial charge is 0.233 e. The second-order valence-electron chi connectivity index (χ2n) is 7.96. The number of aromatic nitrogens is 1. The highest BCUT2D eigenvalue weighted by atomic mass is 32.1. The molecule has 0 spiro atoms. The van der Waals surface area contributed by atoms with Crippen molar-refractivity contribution in [2.24, 2.45) is 5.41 Å². The largest absolute Gasteiger partial charge is 0.301 e. The van der Waals surface area contributed by atoms with Crippen LogP contribution in [0.3, 0.4) is 0 Å². The van der Waals surface area contributed by atoms with Gasteiger partial charge in [-0.25, -0.2) is 4.98 Å². The molecule has 4 heteroatoms. The van der Waals surface area contributed by atoms with Crippen molar-refractivity contribution in [1.82, 2.24) is 4.98 Å². The van der Waals surface area contributed by atoms with E-state index in [-0.39, 0.29) is 11.8 Å². The minimum Gasteiger partial charge on any atom is -0.301 e. The second-order valence-corrected chi connectivity index (χ2v) is 8.86. The van der Waals surface area contributed by atoms with Crippen LogP contribution in [0.25, 0.3) is 0 Å². The first kappa shape index (κ1) is 16.7. The molecule has 1 saturated carbocycles. The first-order chi connectivity index (χ1) is 13.1. The average Bonchev–Trinajstić information content (AvgIpc) is 3.32. The number of thiazole rings is 1. The maximum absolute atomic E-state index is 13.4. The Morgan fingerprint density at radius 1 is 1.15 bits per heavy atom. The molecule has 2 aromatic carbocycles. The van der Waals surface area contributed by atoms with Gasteiger partial charge >= 0.3 is 0 Å². The van der Waals surface area contributed by atoms with Gasteiger partial charge in [-0.2, -0.15) is 0 Å². The average molecular weight is 375 g/mol. The fourth-order valence-corrected chi connectivity index (χ4v) is 5.01. The molecule has 1 N–H and O–H groups in total. The topological polar surface area (TPSA) is 42.0 Å². The zero-order valence-electron chi connectivity index (χ0n) is 15.3. The van der Waals surface area contributed by atoms with Crippen LogP contribution in [0.15, 0.2) is 60.1 Å². The van der Waals surface area contributed by atoms with Crippen molar-refractivity contribution in [1.29, 1.82) is 0 Å². The fourth-order valence-electron chi connectivity index (χ4n) is 4.48. The van der Waals surface area contributed by atoms with Gasteiger partial charge in [-0.15, -0.1) is 11.3 Å². The number of rotatable bonds is 4. The monoisotopic (exact) mass is 374 g/mol. The van der Waals surface area contributed by atoms with Gasteiger partial charge in [0.2, 0.25) is 5.91 Å². The van der Waals surface area contributed by atoms with Crippen molar-refractivity contribution >= 4 is 22.4 Å². The normalized spacial score (nSPS) is 23.8. The van der Waals surface area contributed by atoms with Gasteiger partial charge in [0.05, 0.1) is 5.41 Å². The maximum Gasteiger partial charge on any atom is 0.233 e. The van der Waals surface area contributed by atoms with E-state index in [0.717, 1.165) is 6.42 Å². The lowest BCUT2D eigenvalue weighted by molar-refractivity contribution is -0.125. The number of nitrogens with zero attached hydrogens (tertiary/aromatic N) is 1. The van der Waals surface area contributed by atoms with E-state index < -0.39 is 5.41 Å². The first-order valence-corrected chi connectivity index (χ1v) is 10.4. The molecule has 1 amide bonds. The van der Waals surface area contributed by atoms with Crippen LogP contribution in [-0.2, 0) is 11.2 Å². The molecule has 1 aromatic heterocycles. The van der Waals surface area contributed by atoms with Gasteiger partial charge in [0, 0.05) is 17.5 Å². The van der Waals surface area contributed by atoms with Crippen LogP contribution in [0, 0.1) is 5.41 Å². The number of hydrogen-bond acceptors (Lipinski definition) is 3. The summed E-state index contributed by atoms with van der Waals surface area (Å²) in [4.78, 5) is 17.6. The van der Waals surface area contributed by atoms with Crippen LogP contribution in [0.1, 0.15) is 53.9 Å². The zero-order valence-corrected chi connectivity index (χ0v) is 16.1. The summed E-state index contributed by atoms with van der Waals surface area (Å²) in [7, 11) is 0. The van der Waals surface area contributed by atoms with Gasteiger partial charge in [0.15, 0.2) is 5.13 Å². The molecule has 0 saturated heterocycles. The lowest BCUT2D eigenvalue weighted by atomic mass is 9.73. The molecule has 2 aliphatic rings. The van der Waals surface area contributed by atoms with Gasteiger partial charge in [-0.3, -0.25) is 4.79 Å². The Morgan fingerprint density at radius 2 is 1.96 bits per heavy atom. The summed E-state index contributed by atoms with van der Waals surface area (Å²) in [5, 5.41) is 5.61. The van der Waals surface area contributed by atoms with Gasteiger partial charge < -0.3 is 5.32 Å². The van der Waals surface area contributed by atoms with Gasteiger partial charge in [0.1, 0.15) is 0 Å². The molecule has 5 rings (SSSR count). The van der Waals surface area contributed by atoms with Gasteiger partial charge in [0.25, 0.3) is 0 Å². The van der Waals surface area contributed by atoms with Crippen LogP contribution >= 0.6 is 11.3 Å². The molecule has 0 unspecified atom stereocenters. The molecular weight excluding hydrogens is 352 g/mol. The van der Waals surface area contributed by atoms with Crippen molar-refractivity contribution < 1.29 is 4.79 Å². The Morgan fingerprint density at radius 3 is 2.67 bits per heavy atom. The van der Waals surface area contributed by atoms with E-state index in [1.54, 1.807) is 6.20 Å². The molecule has 1 heterocycles. The number of anilines is 1. The number of carbonyl (C=O) groups excluding carboxylic acids is 1. The third kappa shape index (κ3) is 2.88. The van der Waals surface area contributed by atoms with Crippen LogP contribution < -0.4 is 5.32 Å². The van der Waals surface area contributed by atoms with E-state index >= 15 is 0 Å². The van der Waals surface area contributed by atoms with Crippen LogP contribution in [0.2, 0.25) is 0 Å². The van der Waals surface area contributed by atoms with Crippen LogP contribution in [0.4, 0.5) is 5.13 Å². The maximum atomic E-state index is 13.4. The highest BCUT2D eigenvalue weighted by Crippen LogP contribution is 2.53. The van der Waals surface area contributed by atoms with Crippen molar-refractivity contribution in [3.05, 3.63) is 82.4 Å². The quantitative estimate of drug-likeness (QED) is 0.668. The third-order valence-electron chi connectivity index (χ3n) is 6.03. The lowest BCUT2D eigenvalue weighted by Gasteiger charge is -2.31. The predicted molar refractivity (Wildman–Crippen MR) is 109 cm³/mol. The van der Waals surface area contributed by atoms with E-state index in [0.29, 0.717) is 11.0 Å². The lowest BCUT2D eigenvalue weighted by Crippen LogP contribution is -2.37. The summed E-state index contributed by atoms with van der Waals surface area (Å²) in [5.74, 6) is 0.825. The number of hydrogen-bond donors (Lipinski definition) is 1. The molecule has 0 radical (unpaired) electrons. The summed E-state index contributed by atoms with van der Waals surface area (Å²) in [5.41, 5.74) is 4.73. The highest BCUT2D eigenvalue weighted by Gasteiger charge is 2.49. The summed E-state index contributed by atoms with van der Waals surface area (Å²) >= 11 is 1.46. The van der Waals surface area contributed by atoms with Crippen molar-refractivity contribution in [3.8, 4) is 0 Å². The van der Waals surface area contributed by atoms with Gasteiger partial charge in [-0.1, -0.05) is 48.5 Å². The minimum atomic E-state index is -0.530. The second kappa shape index (κ2) is 6.31. The Kier molecular flexibility index (Phi) is 3.90. The Hall–Kier alpha value is -2.46. The zero-order chi connectivity index (χ0) is 18.4. The number of benzene rings is 2. The number of nitrogens with one attached hydrogen (secondary N) is 1. The van der Waals surface area contributed by atoms with E-state index in [9.17, 15) is 4.79 Å². The molecule has 27 heavy (non-hydrogen) atoms. The minimum absolute atomic E-state index is 0.0514. The molecule has 2 aliphatic carbocycles. The Balaban J connectivity index is 1.58. The summed E-state index contributed by atoms with van der Waals surface area (Å²) in [6, 6.07) is 17.4. The number of carbonyl (C=O) groups is 1. The van der Waals surface area contributed by atoms with Gasteiger partial charge in [-0.05, 0) is 54.4 Å². The molecule has 2 atom stereocenters. The molecule has 136 valence electrons.